The lowest BCUT2D eigenvalue weighted by atomic mass is 10.0. The largest absolute Gasteiger partial charge is 0.335 e. The molecule has 1 unspecified atom stereocenters. The molecule has 1 atom stereocenters. The van der Waals surface area contributed by atoms with Gasteiger partial charge in [0, 0.05) is 0 Å². The van der Waals surface area contributed by atoms with E-state index in [1.54, 1.807) is 6.92 Å². The van der Waals surface area contributed by atoms with Gasteiger partial charge in [-0.3, -0.25) is 10.1 Å². The second-order valence-corrected chi connectivity index (χ2v) is 3.38. The summed E-state index contributed by atoms with van der Waals surface area (Å²) in [6.07, 6.45) is 0.593. The Kier molecular flexibility index (Phi) is 1.92. The number of carbonyl (C=O) groups excluding carboxylic acids is 2. The van der Waals surface area contributed by atoms with Crippen molar-refractivity contribution in [2.24, 2.45) is 0 Å². The van der Waals surface area contributed by atoms with Crippen molar-refractivity contribution in [2.45, 2.75) is 25.8 Å². The molecule has 5 heteroatoms. The van der Waals surface area contributed by atoms with E-state index in [2.05, 4.69) is 21.5 Å². The maximum atomic E-state index is 11.1. The Bertz CT molecular complexity index is 219. The molecule has 1 aliphatic heterocycles. The second-order valence-electron chi connectivity index (χ2n) is 2.67. The Labute approximate surface area is 73.3 Å². The standard InChI is InChI=1S/C6H9BrN2O2/c1-3-6(2)4(10)8-5(11)9(6)7/h3H2,1-2H3,(H,8,10,11). The minimum absolute atomic E-state index is 0.248. The molecule has 1 aliphatic rings. The zero-order chi connectivity index (χ0) is 8.65. The summed E-state index contributed by atoms with van der Waals surface area (Å²) in [7, 11) is 0. The molecular weight excluding hydrogens is 212 g/mol. The average Bonchev–Trinajstić information content (AvgIpc) is 2.16. The summed E-state index contributed by atoms with van der Waals surface area (Å²) < 4.78 is 1.25. The highest BCUT2D eigenvalue weighted by Gasteiger charge is 2.47. The number of imide groups is 1. The minimum Gasteiger partial charge on any atom is -0.275 e. The van der Waals surface area contributed by atoms with Crippen LogP contribution in [0.25, 0.3) is 0 Å². The van der Waals surface area contributed by atoms with Crippen molar-refractivity contribution in [3.8, 4) is 0 Å². The maximum absolute atomic E-state index is 11.1. The number of halogens is 1. The lowest BCUT2D eigenvalue weighted by Crippen LogP contribution is -2.40. The molecule has 0 radical (unpaired) electrons. The van der Waals surface area contributed by atoms with Crippen molar-refractivity contribution in [3.63, 3.8) is 0 Å². The van der Waals surface area contributed by atoms with Gasteiger partial charge in [0.2, 0.25) is 0 Å². The van der Waals surface area contributed by atoms with E-state index in [9.17, 15) is 9.59 Å². The first kappa shape index (κ1) is 8.52. The summed E-state index contributed by atoms with van der Waals surface area (Å²) in [5.74, 6) is -0.248. The van der Waals surface area contributed by atoms with E-state index >= 15 is 0 Å². The molecule has 1 saturated heterocycles. The normalized spacial score (nSPS) is 31.0. The highest BCUT2D eigenvalue weighted by atomic mass is 79.9. The molecule has 0 aromatic rings. The fraction of sp³-hybridized carbons (Fsp3) is 0.667. The van der Waals surface area contributed by atoms with E-state index in [1.807, 2.05) is 6.92 Å². The molecule has 1 fully saturated rings. The van der Waals surface area contributed by atoms with Crippen molar-refractivity contribution in [2.75, 3.05) is 0 Å². The summed E-state index contributed by atoms with van der Waals surface area (Å²) in [6.45, 7) is 3.56. The first-order valence-corrected chi connectivity index (χ1v) is 4.04. The molecule has 11 heavy (non-hydrogen) atoms. The number of carbonyl (C=O) groups is 2. The van der Waals surface area contributed by atoms with Gasteiger partial charge in [0.1, 0.15) is 5.54 Å². The van der Waals surface area contributed by atoms with Crippen LogP contribution in [0, 0.1) is 0 Å². The third kappa shape index (κ3) is 1.03. The van der Waals surface area contributed by atoms with Gasteiger partial charge in [0.15, 0.2) is 0 Å². The maximum Gasteiger partial charge on any atom is 0.335 e. The van der Waals surface area contributed by atoms with Crippen LogP contribution < -0.4 is 5.32 Å². The molecule has 1 rings (SSSR count). The Morgan fingerprint density at radius 1 is 1.64 bits per heavy atom. The summed E-state index contributed by atoms with van der Waals surface area (Å²) in [5.41, 5.74) is -0.725. The number of nitrogens with zero attached hydrogens (tertiary/aromatic N) is 1. The van der Waals surface area contributed by atoms with Crippen molar-refractivity contribution in [3.05, 3.63) is 0 Å². The predicted octanol–water partition coefficient (Wildman–Crippen LogP) is 1.02. The van der Waals surface area contributed by atoms with E-state index in [0.717, 1.165) is 0 Å². The van der Waals surface area contributed by atoms with E-state index in [0.29, 0.717) is 6.42 Å². The summed E-state index contributed by atoms with van der Waals surface area (Å²) in [5, 5.41) is 2.21. The first-order chi connectivity index (χ1) is 5.02. The zero-order valence-electron chi connectivity index (χ0n) is 6.35. The van der Waals surface area contributed by atoms with Crippen LogP contribution in [0.2, 0.25) is 0 Å². The molecule has 4 nitrogen and oxygen atoms in total. The van der Waals surface area contributed by atoms with E-state index in [4.69, 9.17) is 0 Å². The van der Waals surface area contributed by atoms with Crippen molar-refractivity contribution < 1.29 is 9.59 Å². The summed E-state index contributed by atoms with van der Waals surface area (Å²) >= 11 is 3.03. The van der Waals surface area contributed by atoms with Gasteiger partial charge in [-0.25, -0.2) is 8.72 Å². The van der Waals surface area contributed by atoms with Gasteiger partial charge >= 0.3 is 6.03 Å². The van der Waals surface area contributed by atoms with E-state index in [1.165, 1.54) is 3.93 Å². The van der Waals surface area contributed by atoms with E-state index < -0.39 is 5.54 Å². The second kappa shape index (κ2) is 2.48. The van der Waals surface area contributed by atoms with Crippen LogP contribution in [0.1, 0.15) is 20.3 Å². The molecule has 1 N–H and O–H groups in total. The Hall–Kier alpha value is -0.580. The van der Waals surface area contributed by atoms with Gasteiger partial charge in [0.25, 0.3) is 5.91 Å². The molecule has 0 aromatic carbocycles. The monoisotopic (exact) mass is 220 g/mol. The van der Waals surface area contributed by atoms with Crippen LogP contribution in [0.3, 0.4) is 0 Å². The quantitative estimate of drug-likeness (QED) is 0.530. The molecule has 0 aromatic heterocycles. The number of urea groups is 1. The molecule has 0 bridgehead atoms. The molecule has 0 aliphatic carbocycles. The van der Waals surface area contributed by atoms with E-state index in [-0.39, 0.29) is 11.9 Å². The van der Waals surface area contributed by atoms with Gasteiger partial charge in [-0.05, 0) is 13.3 Å². The van der Waals surface area contributed by atoms with Gasteiger partial charge in [-0.2, -0.15) is 0 Å². The molecule has 62 valence electrons. The van der Waals surface area contributed by atoms with Crippen LogP contribution in [-0.2, 0) is 4.79 Å². The van der Waals surface area contributed by atoms with Crippen LogP contribution >= 0.6 is 16.1 Å². The predicted molar refractivity (Wildman–Crippen MR) is 43.0 cm³/mol. The molecule has 0 spiro atoms. The summed E-state index contributed by atoms with van der Waals surface area (Å²) in [6, 6.07) is -0.389. The highest BCUT2D eigenvalue weighted by Crippen LogP contribution is 2.27. The lowest BCUT2D eigenvalue weighted by molar-refractivity contribution is -0.124. The van der Waals surface area contributed by atoms with Gasteiger partial charge in [0.05, 0.1) is 16.1 Å². The van der Waals surface area contributed by atoms with Crippen LogP contribution in [0.4, 0.5) is 4.79 Å². The Morgan fingerprint density at radius 3 is 2.36 bits per heavy atom. The number of nitrogens with one attached hydrogen (secondary N) is 1. The van der Waals surface area contributed by atoms with Crippen LogP contribution in [0.5, 0.6) is 0 Å². The highest BCUT2D eigenvalue weighted by molar-refractivity contribution is 9.07. The Morgan fingerprint density at radius 2 is 2.18 bits per heavy atom. The van der Waals surface area contributed by atoms with Crippen LogP contribution in [-0.4, -0.2) is 21.4 Å². The minimum atomic E-state index is -0.725. The SMILES string of the molecule is CCC1(C)C(=O)NC(=O)N1Br. The average molecular weight is 221 g/mol. The number of hydrogen-bond acceptors (Lipinski definition) is 2. The molecular formula is C6H9BrN2O2. The zero-order valence-corrected chi connectivity index (χ0v) is 7.93. The summed E-state index contributed by atoms with van der Waals surface area (Å²) in [4.78, 5) is 22.1. The smallest absolute Gasteiger partial charge is 0.275 e. The first-order valence-electron chi connectivity index (χ1n) is 3.34. The lowest BCUT2D eigenvalue weighted by Gasteiger charge is -2.23. The van der Waals surface area contributed by atoms with Crippen molar-refractivity contribution in [1.29, 1.82) is 0 Å². The Balaban J connectivity index is 2.96. The van der Waals surface area contributed by atoms with Gasteiger partial charge < -0.3 is 0 Å². The van der Waals surface area contributed by atoms with Crippen molar-refractivity contribution in [1.82, 2.24) is 9.24 Å². The topological polar surface area (TPSA) is 49.4 Å². The van der Waals surface area contributed by atoms with Crippen molar-refractivity contribution >= 4 is 28.1 Å². The van der Waals surface area contributed by atoms with Gasteiger partial charge in [-0.15, -0.1) is 0 Å². The van der Waals surface area contributed by atoms with Crippen LogP contribution in [0.15, 0.2) is 0 Å². The third-order valence-corrected chi connectivity index (χ3v) is 3.11. The molecule has 1 heterocycles. The molecule has 0 saturated carbocycles. The number of hydrogen-bond donors (Lipinski definition) is 1. The third-order valence-electron chi connectivity index (χ3n) is 2.01. The molecule has 3 amide bonds. The number of rotatable bonds is 1. The van der Waals surface area contributed by atoms with Gasteiger partial charge in [-0.1, -0.05) is 6.92 Å². The number of amides is 3. The fourth-order valence-corrected chi connectivity index (χ4v) is 1.39. The fourth-order valence-electron chi connectivity index (χ4n) is 0.893.